The predicted molar refractivity (Wildman–Crippen MR) is 124 cm³/mol. The van der Waals surface area contributed by atoms with Gasteiger partial charge in [0.1, 0.15) is 22.9 Å². The van der Waals surface area contributed by atoms with Gasteiger partial charge in [-0.15, -0.1) is 0 Å². The number of carbonyl (C=O) groups excluding carboxylic acids is 3. The Balaban J connectivity index is 1.57. The molecule has 0 fully saturated rings. The van der Waals surface area contributed by atoms with Crippen LogP contribution in [0.5, 0.6) is 0 Å². The molecule has 4 rings (SSSR count). The van der Waals surface area contributed by atoms with Gasteiger partial charge in [0.2, 0.25) is 5.91 Å². The van der Waals surface area contributed by atoms with E-state index in [9.17, 15) is 18.8 Å². The van der Waals surface area contributed by atoms with Gasteiger partial charge in [0.15, 0.2) is 0 Å². The maximum Gasteiger partial charge on any atom is 0.289 e. The highest BCUT2D eigenvalue weighted by Gasteiger charge is 2.23. The minimum Gasteiger partial charge on any atom is -0.322 e. The standard InChI is InChI=1S/C25H20FN5O3/c26-19-13-11-17(12-14-19)21-22(27-20(32)15-16-7-3-1-4-8-16)23(29-28-21)25(34)31-30-24(33)18-9-5-2-6-10-18/h1-14H,15H2,(H,27,32)(H,28,29)(H,30,33)(H,31,34). The zero-order valence-electron chi connectivity index (χ0n) is 17.8. The molecule has 1 aromatic heterocycles. The zero-order valence-corrected chi connectivity index (χ0v) is 17.8. The summed E-state index contributed by atoms with van der Waals surface area (Å²) in [6.45, 7) is 0. The SMILES string of the molecule is O=C(Cc1ccccc1)Nc1c(-c2ccc(F)cc2)n[nH]c1C(=O)NNC(=O)c1ccccc1. The molecule has 3 amide bonds. The van der Waals surface area contributed by atoms with Gasteiger partial charge >= 0.3 is 0 Å². The predicted octanol–water partition coefficient (Wildman–Crippen LogP) is 3.47. The lowest BCUT2D eigenvalue weighted by Crippen LogP contribution is -2.42. The van der Waals surface area contributed by atoms with E-state index in [1.54, 1.807) is 30.3 Å². The molecule has 34 heavy (non-hydrogen) atoms. The number of rotatable bonds is 6. The Kier molecular flexibility index (Phi) is 6.73. The molecule has 3 aromatic carbocycles. The number of H-pyrrole nitrogens is 1. The number of nitrogens with one attached hydrogen (secondary N) is 4. The maximum absolute atomic E-state index is 13.4. The van der Waals surface area contributed by atoms with Gasteiger partial charge in [-0.25, -0.2) is 4.39 Å². The second kappa shape index (κ2) is 10.2. The Labute approximate surface area is 194 Å². The van der Waals surface area contributed by atoms with E-state index in [1.165, 1.54) is 24.3 Å². The molecule has 0 saturated carbocycles. The number of hydrogen-bond acceptors (Lipinski definition) is 4. The molecule has 0 atom stereocenters. The highest BCUT2D eigenvalue weighted by Crippen LogP contribution is 2.29. The molecule has 1 heterocycles. The van der Waals surface area contributed by atoms with Gasteiger partial charge in [-0.2, -0.15) is 5.10 Å². The van der Waals surface area contributed by atoms with Gasteiger partial charge in [0.05, 0.1) is 6.42 Å². The number of hydrazine groups is 1. The van der Waals surface area contributed by atoms with Crippen LogP contribution in [0.25, 0.3) is 11.3 Å². The van der Waals surface area contributed by atoms with Crippen molar-refractivity contribution in [1.29, 1.82) is 0 Å². The number of anilines is 1. The lowest BCUT2D eigenvalue weighted by atomic mass is 10.1. The first-order valence-corrected chi connectivity index (χ1v) is 10.3. The van der Waals surface area contributed by atoms with Gasteiger partial charge in [0, 0.05) is 11.1 Å². The third-order valence-electron chi connectivity index (χ3n) is 4.91. The number of amides is 3. The minimum atomic E-state index is -0.722. The lowest BCUT2D eigenvalue weighted by Gasteiger charge is -2.10. The van der Waals surface area contributed by atoms with Crippen molar-refractivity contribution in [1.82, 2.24) is 21.0 Å². The van der Waals surface area contributed by atoms with Gasteiger partial charge in [-0.05, 0) is 42.0 Å². The number of benzene rings is 3. The van der Waals surface area contributed by atoms with E-state index in [2.05, 4.69) is 26.4 Å². The van der Waals surface area contributed by atoms with Crippen molar-refractivity contribution in [2.75, 3.05) is 5.32 Å². The van der Waals surface area contributed by atoms with Gasteiger partial charge in [-0.1, -0.05) is 48.5 Å². The number of aromatic amines is 1. The van der Waals surface area contributed by atoms with E-state index in [0.29, 0.717) is 11.1 Å². The second-order valence-electron chi connectivity index (χ2n) is 7.31. The molecule has 9 heteroatoms. The highest BCUT2D eigenvalue weighted by molar-refractivity contribution is 6.07. The quantitative estimate of drug-likeness (QED) is 0.332. The summed E-state index contributed by atoms with van der Waals surface area (Å²) in [4.78, 5) is 37.8. The van der Waals surface area contributed by atoms with Crippen molar-refractivity contribution in [2.45, 2.75) is 6.42 Å². The van der Waals surface area contributed by atoms with Crippen LogP contribution < -0.4 is 16.2 Å². The molecule has 4 aromatic rings. The topological polar surface area (TPSA) is 116 Å². The van der Waals surface area contributed by atoms with E-state index in [0.717, 1.165) is 5.56 Å². The van der Waals surface area contributed by atoms with Crippen molar-refractivity contribution >= 4 is 23.4 Å². The molecule has 4 N–H and O–H groups in total. The number of nitrogens with zero attached hydrogens (tertiary/aromatic N) is 1. The van der Waals surface area contributed by atoms with Crippen LogP contribution in [0.2, 0.25) is 0 Å². The fourth-order valence-corrected chi connectivity index (χ4v) is 3.25. The van der Waals surface area contributed by atoms with Crippen LogP contribution in [-0.4, -0.2) is 27.9 Å². The van der Waals surface area contributed by atoms with Crippen LogP contribution >= 0.6 is 0 Å². The Bertz CT molecular complexity index is 1310. The van der Waals surface area contributed by atoms with Crippen LogP contribution in [0.3, 0.4) is 0 Å². The highest BCUT2D eigenvalue weighted by atomic mass is 19.1. The van der Waals surface area contributed by atoms with Crippen LogP contribution in [0.15, 0.2) is 84.9 Å². The Hall–Kier alpha value is -4.79. The summed E-state index contributed by atoms with van der Waals surface area (Å²) in [7, 11) is 0. The lowest BCUT2D eigenvalue weighted by molar-refractivity contribution is -0.115. The van der Waals surface area contributed by atoms with E-state index in [4.69, 9.17) is 0 Å². The fourth-order valence-electron chi connectivity index (χ4n) is 3.25. The summed E-state index contributed by atoms with van der Waals surface area (Å²) < 4.78 is 13.4. The zero-order chi connectivity index (χ0) is 23.9. The summed E-state index contributed by atoms with van der Waals surface area (Å²) in [6.07, 6.45) is 0.0701. The summed E-state index contributed by atoms with van der Waals surface area (Å²) in [6, 6.07) is 22.9. The third-order valence-corrected chi connectivity index (χ3v) is 4.91. The summed E-state index contributed by atoms with van der Waals surface area (Å²) >= 11 is 0. The van der Waals surface area contributed by atoms with Crippen LogP contribution in [0, 0.1) is 5.82 Å². The molecule has 0 bridgehead atoms. The third kappa shape index (κ3) is 5.33. The average molecular weight is 457 g/mol. The molecular formula is C25H20FN5O3. The van der Waals surface area contributed by atoms with Crippen molar-refractivity contribution < 1.29 is 18.8 Å². The summed E-state index contributed by atoms with van der Waals surface area (Å²) in [5.41, 5.74) is 6.55. The smallest absolute Gasteiger partial charge is 0.289 e. The van der Waals surface area contributed by atoms with Crippen molar-refractivity contribution in [3.8, 4) is 11.3 Å². The second-order valence-corrected chi connectivity index (χ2v) is 7.31. The molecular weight excluding hydrogens is 437 g/mol. The molecule has 0 radical (unpaired) electrons. The van der Waals surface area contributed by atoms with Gasteiger partial charge < -0.3 is 5.32 Å². The summed E-state index contributed by atoms with van der Waals surface area (Å²) in [5.74, 6) is -2.05. The molecule has 0 saturated heterocycles. The number of aromatic nitrogens is 2. The van der Waals surface area contributed by atoms with Gasteiger partial charge in [-0.3, -0.25) is 30.3 Å². The first kappa shape index (κ1) is 22.4. The first-order chi connectivity index (χ1) is 16.5. The summed E-state index contributed by atoms with van der Waals surface area (Å²) in [5, 5.41) is 9.47. The molecule has 0 unspecified atom stereocenters. The fraction of sp³-hybridized carbons (Fsp3) is 0.0400. The van der Waals surface area contributed by atoms with Crippen LogP contribution in [0.4, 0.5) is 10.1 Å². The van der Waals surface area contributed by atoms with Crippen molar-refractivity contribution in [3.63, 3.8) is 0 Å². The first-order valence-electron chi connectivity index (χ1n) is 10.3. The molecule has 0 aliphatic rings. The van der Waals surface area contributed by atoms with Crippen molar-refractivity contribution in [3.05, 3.63) is 108 Å². The molecule has 0 aliphatic carbocycles. The molecule has 0 spiro atoms. The van der Waals surface area contributed by atoms with E-state index in [1.807, 2.05) is 30.3 Å². The maximum atomic E-state index is 13.4. The van der Waals surface area contributed by atoms with Crippen molar-refractivity contribution in [2.24, 2.45) is 0 Å². The Morgan fingerprint density at radius 2 is 1.41 bits per heavy atom. The largest absolute Gasteiger partial charge is 0.322 e. The number of hydrogen-bond donors (Lipinski definition) is 4. The number of carbonyl (C=O) groups is 3. The van der Waals surface area contributed by atoms with Crippen LogP contribution in [0.1, 0.15) is 26.4 Å². The van der Waals surface area contributed by atoms with Gasteiger partial charge in [0.25, 0.3) is 11.8 Å². The average Bonchev–Trinajstić information content (AvgIpc) is 3.27. The van der Waals surface area contributed by atoms with E-state index < -0.39 is 17.6 Å². The van der Waals surface area contributed by atoms with Crippen LogP contribution in [-0.2, 0) is 11.2 Å². The number of halogens is 1. The Morgan fingerprint density at radius 3 is 2.09 bits per heavy atom. The van der Waals surface area contributed by atoms with E-state index >= 15 is 0 Å². The molecule has 170 valence electrons. The monoisotopic (exact) mass is 457 g/mol. The normalized spacial score (nSPS) is 10.4. The molecule has 0 aliphatic heterocycles. The minimum absolute atomic E-state index is 0.0701. The Morgan fingerprint density at radius 1 is 0.794 bits per heavy atom. The van der Waals surface area contributed by atoms with E-state index in [-0.39, 0.29) is 29.4 Å². The molecule has 8 nitrogen and oxygen atoms in total.